The summed E-state index contributed by atoms with van der Waals surface area (Å²) in [6.45, 7) is 2.27. The van der Waals surface area contributed by atoms with Gasteiger partial charge in [0.15, 0.2) is 5.82 Å². The molecule has 0 aliphatic rings. The molecule has 0 aliphatic heterocycles. The van der Waals surface area contributed by atoms with Crippen LogP contribution in [0.15, 0.2) is 29.6 Å². The predicted octanol–water partition coefficient (Wildman–Crippen LogP) is 2.62. The molecule has 0 saturated carbocycles. The summed E-state index contributed by atoms with van der Waals surface area (Å²) < 4.78 is 0. The number of aromatic nitrogens is 2. The van der Waals surface area contributed by atoms with Gasteiger partial charge in [0.05, 0.1) is 4.88 Å². The molecule has 2 heterocycles. The standard InChI is InChI=1S/C13H15N3OS/c1-10(17)7-8-16(2)13-6-5-11(14-15-13)12-4-3-9-18-12/h3-6,9H,7-8H2,1-2H3. The quantitative estimate of drug-likeness (QED) is 0.830. The molecule has 0 unspecified atom stereocenters. The number of Topliss-reactive ketones (excluding diaryl/α,β-unsaturated/α-hetero) is 1. The molecule has 0 N–H and O–H groups in total. The van der Waals surface area contributed by atoms with Gasteiger partial charge < -0.3 is 4.90 Å². The molecule has 0 aromatic carbocycles. The summed E-state index contributed by atoms with van der Waals surface area (Å²) in [4.78, 5) is 14.0. The van der Waals surface area contributed by atoms with E-state index >= 15 is 0 Å². The Kier molecular flexibility index (Phi) is 4.04. The average Bonchev–Trinajstić information content (AvgIpc) is 2.90. The van der Waals surface area contributed by atoms with Gasteiger partial charge in [-0.2, -0.15) is 0 Å². The fourth-order valence-corrected chi connectivity index (χ4v) is 2.21. The van der Waals surface area contributed by atoms with Crippen molar-refractivity contribution in [2.75, 3.05) is 18.5 Å². The van der Waals surface area contributed by atoms with Crippen LogP contribution in [0.2, 0.25) is 0 Å². The van der Waals surface area contributed by atoms with Crippen molar-refractivity contribution in [3.8, 4) is 10.6 Å². The predicted molar refractivity (Wildman–Crippen MR) is 73.9 cm³/mol. The van der Waals surface area contributed by atoms with Gasteiger partial charge in [-0.25, -0.2) is 0 Å². The van der Waals surface area contributed by atoms with E-state index in [0.717, 1.165) is 16.4 Å². The molecule has 5 heteroatoms. The molecule has 2 aromatic rings. The van der Waals surface area contributed by atoms with E-state index < -0.39 is 0 Å². The maximum atomic E-state index is 10.9. The van der Waals surface area contributed by atoms with Gasteiger partial charge in [-0.1, -0.05) is 6.07 Å². The van der Waals surface area contributed by atoms with Crippen molar-refractivity contribution in [2.45, 2.75) is 13.3 Å². The van der Waals surface area contributed by atoms with Crippen LogP contribution in [-0.4, -0.2) is 29.6 Å². The molecule has 0 fully saturated rings. The zero-order valence-corrected chi connectivity index (χ0v) is 11.3. The molecule has 0 radical (unpaired) electrons. The zero-order chi connectivity index (χ0) is 13.0. The van der Waals surface area contributed by atoms with Crippen LogP contribution < -0.4 is 4.90 Å². The molecule has 0 bridgehead atoms. The van der Waals surface area contributed by atoms with Crippen molar-refractivity contribution in [1.82, 2.24) is 10.2 Å². The van der Waals surface area contributed by atoms with Crippen LogP contribution in [0.5, 0.6) is 0 Å². The largest absolute Gasteiger partial charge is 0.358 e. The van der Waals surface area contributed by atoms with Gasteiger partial charge in [0, 0.05) is 20.0 Å². The van der Waals surface area contributed by atoms with Crippen LogP contribution in [-0.2, 0) is 4.79 Å². The van der Waals surface area contributed by atoms with Crippen LogP contribution in [0.25, 0.3) is 10.6 Å². The van der Waals surface area contributed by atoms with Crippen molar-refractivity contribution in [3.05, 3.63) is 29.6 Å². The molecule has 0 saturated heterocycles. The summed E-state index contributed by atoms with van der Waals surface area (Å²) in [5.41, 5.74) is 0.883. The Hall–Kier alpha value is -1.75. The number of hydrogen-bond acceptors (Lipinski definition) is 5. The third-order valence-corrected chi connectivity index (χ3v) is 3.51. The van der Waals surface area contributed by atoms with Crippen LogP contribution in [0.1, 0.15) is 13.3 Å². The summed E-state index contributed by atoms with van der Waals surface area (Å²) in [5, 5.41) is 10.4. The Morgan fingerprint density at radius 1 is 1.33 bits per heavy atom. The molecule has 94 valence electrons. The number of nitrogens with zero attached hydrogens (tertiary/aromatic N) is 3. The van der Waals surface area contributed by atoms with Gasteiger partial charge in [-0.15, -0.1) is 21.5 Å². The maximum absolute atomic E-state index is 10.9. The lowest BCUT2D eigenvalue weighted by atomic mass is 10.3. The molecule has 0 atom stereocenters. The van der Waals surface area contributed by atoms with Crippen molar-refractivity contribution in [1.29, 1.82) is 0 Å². The van der Waals surface area contributed by atoms with Gasteiger partial charge in [0.1, 0.15) is 11.5 Å². The zero-order valence-electron chi connectivity index (χ0n) is 10.5. The third-order valence-electron chi connectivity index (χ3n) is 2.61. The van der Waals surface area contributed by atoms with E-state index in [4.69, 9.17) is 0 Å². The fourth-order valence-electron chi connectivity index (χ4n) is 1.52. The number of ketones is 1. The summed E-state index contributed by atoms with van der Waals surface area (Å²) in [5.74, 6) is 0.974. The van der Waals surface area contributed by atoms with Crippen molar-refractivity contribution >= 4 is 22.9 Å². The second-order valence-electron chi connectivity index (χ2n) is 4.13. The van der Waals surface area contributed by atoms with Crippen LogP contribution in [0, 0.1) is 0 Å². The second-order valence-corrected chi connectivity index (χ2v) is 5.08. The highest BCUT2D eigenvalue weighted by molar-refractivity contribution is 7.13. The molecular weight excluding hydrogens is 246 g/mol. The maximum Gasteiger partial charge on any atom is 0.151 e. The minimum absolute atomic E-state index is 0.185. The van der Waals surface area contributed by atoms with Crippen LogP contribution >= 0.6 is 11.3 Å². The monoisotopic (exact) mass is 261 g/mol. The van der Waals surface area contributed by atoms with E-state index in [1.807, 2.05) is 41.6 Å². The van der Waals surface area contributed by atoms with Gasteiger partial charge >= 0.3 is 0 Å². The number of carbonyl (C=O) groups is 1. The first-order chi connectivity index (χ1) is 8.66. The fraction of sp³-hybridized carbons (Fsp3) is 0.308. The minimum atomic E-state index is 0.185. The number of anilines is 1. The summed E-state index contributed by atoms with van der Waals surface area (Å²) in [6, 6.07) is 7.91. The number of hydrogen-bond donors (Lipinski definition) is 0. The Balaban J connectivity index is 2.05. The molecular formula is C13H15N3OS. The van der Waals surface area contributed by atoms with E-state index in [0.29, 0.717) is 13.0 Å². The Bertz CT molecular complexity index is 508. The first kappa shape index (κ1) is 12.7. The van der Waals surface area contributed by atoms with E-state index in [1.54, 1.807) is 18.3 Å². The summed E-state index contributed by atoms with van der Waals surface area (Å²) >= 11 is 1.64. The molecule has 18 heavy (non-hydrogen) atoms. The van der Waals surface area contributed by atoms with E-state index in [-0.39, 0.29) is 5.78 Å². The van der Waals surface area contributed by atoms with Gasteiger partial charge in [0.25, 0.3) is 0 Å². The van der Waals surface area contributed by atoms with E-state index in [2.05, 4.69) is 10.2 Å². The smallest absolute Gasteiger partial charge is 0.151 e. The highest BCUT2D eigenvalue weighted by Gasteiger charge is 2.06. The summed E-state index contributed by atoms with van der Waals surface area (Å²) in [7, 11) is 1.91. The van der Waals surface area contributed by atoms with Crippen molar-refractivity contribution in [2.24, 2.45) is 0 Å². The van der Waals surface area contributed by atoms with E-state index in [9.17, 15) is 4.79 Å². The highest BCUT2D eigenvalue weighted by atomic mass is 32.1. The molecule has 2 rings (SSSR count). The van der Waals surface area contributed by atoms with Crippen molar-refractivity contribution in [3.63, 3.8) is 0 Å². The van der Waals surface area contributed by atoms with Gasteiger partial charge in [-0.3, -0.25) is 4.79 Å². The Labute approximate surface area is 110 Å². The lowest BCUT2D eigenvalue weighted by Gasteiger charge is -2.16. The normalized spacial score (nSPS) is 10.3. The van der Waals surface area contributed by atoms with E-state index in [1.165, 1.54) is 0 Å². The number of thiophene rings is 1. The molecule has 2 aromatic heterocycles. The first-order valence-corrected chi connectivity index (χ1v) is 6.63. The Morgan fingerprint density at radius 2 is 2.17 bits per heavy atom. The molecule has 4 nitrogen and oxygen atoms in total. The molecule has 0 aliphatic carbocycles. The topological polar surface area (TPSA) is 46.1 Å². The van der Waals surface area contributed by atoms with Gasteiger partial charge in [-0.05, 0) is 30.5 Å². The summed E-state index contributed by atoms with van der Waals surface area (Å²) in [6.07, 6.45) is 0.533. The van der Waals surface area contributed by atoms with Crippen LogP contribution in [0.4, 0.5) is 5.82 Å². The lowest BCUT2D eigenvalue weighted by Crippen LogP contribution is -2.21. The molecule has 0 spiro atoms. The third kappa shape index (κ3) is 3.13. The highest BCUT2D eigenvalue weighted by Crippen LogP contribution is 2.22. The average molecular weight is 261 g/mol. The van der Waals surface area contributed by atoms with Crippen molar-refractivity contribution < 1.29 is 4.79 Å². The molecule has 0 amide bonds. The number of carbonyl (C=O) groups excluding carboxylic acids is 1. The SMILES string of the molecule is CC(=O)CCN(C)c1ccc(-c2cccs2)nn1. The van der Waals surface area contributed by atoms with Gasteiger partial charge in [0.2, 0.25) is 0 Å². The van der Waals surface area contributed by atoms with Crippen LogP contribution in [0.3, 0.4) is 0 Å². The minimum Gasteiger partial charge on any atom is -0.358 e. The lowest BCUT2D eigenvalue weighted by molar-refractivity contribution is -0.116. The number of rotatable bonds is 5. The first-order valence-electron chi connectivity index (χ1n) is 5.75. The Morgan fingerprint density at radius 3 is 2.72 bits per heavy atom. The second kappa shape index (κ2) is 5.73.